The molecule has 0 spiro atoms. The molecule has 36 heavy (non-hydrogen) atoms. The summed E-state index contributed by atoms with van der Waals surface area (Å²) in [6, 6.07) is 0. The van der Waals surface area contributed by atoms with Crippen LogP contribution in [0.1, 0.15) is 161 Å². The van der Waals surface area contributed by atoms with Crippen LogP contribution in [0.3, 0.4) is 0 Å². The van der Waals surface area contributed by atoms with Crippen LogP contribution in [0.2, 0.25) is 0 Å². The van der Waals surface area contributed by atoms with Crippen molar-refractivity contribution in [3.05, 3.63) is 0 Å². The quantitative estimate of drug-likeness (QED) is 0.0593. The average Bonchev–Trinajstić information content (AvgIpc) is 2.84. The SMILES string of the molecule is CCCCCCCCCCCCCCCCSCCCNCCCCCCCCCCCP(=O)(O)O. The molecule has 0 fully saturated rings. The molecule has 6 heteroatoms. The summed E-state index contributed by atoms with van der Waals surface area (Å²) in [5, 5.41) is 3.60. The third-order valence-corrected chi connectivity index (χ3v) is 9.14. The molecule has 0 radical (unpaired) electrons. The van der Waals surface area contributed by atoms with E-state index in [1.807, 2.05) is 0 Å². The van der Waals surface area contributed by atoms with E-state index in [-0.39, 0.29) is 6.16 Å². The van der Waals surface area contributed by atoms with Gasteiger partial charge in [-0.1, -0.05) is 135 Å². The van der Waals surface area contributed by atoms with E-state index in [1.54, 1.807) is 0 Å². The molecule has 0 heterocycles. The van der Waals surface area contributed by atoms with E-state index in [2.05, 4.69) is 24.0 Å². The second-order valence-corrected chi connectivity index (χ2v) is 13.9. The van der Waals surface area contributed by atoms with Gasteiger partial charge in [-0.2, -0.15) is 11.8 Å². The summed E-state index contributed by atoms with van der Waals surface area (Å²) in [4.78, 5) is 17.7. The van der Waals surface area contributed by atoms with Crippen LogP contribution in [-0.2, 0) is 4.57 Å². The van der Waals surface area contributed by atoms with Crippen LogP contribution in [0.5, 0.6) is 0 Å². The summed E-state index contributed by atoms with van der Waals surface area (Å²) in [7, 11) is -3.77. The lowest BCUT2D eigenvalue weighted by atomic mass is 10.0. The highest BCUT2D eigenvalue weighted by Gasteiger charge is 2.10. The van der Waals surface area contributed by atoms with Gasteiger partial charge in [0.2, 0.25) is 0 Å². The van der Waals surface area contributed by atoms with E-state index < -0.39 is 7.60 Å². The number of rotatable bonds is 31. The third-order valence-electron chi connectivity index (χ3n) is 7.09. The molecule has 0 atom stereocenters. The molecular weight excluding hydrogens is 485 g/mol. The Morgan fingerprint density at radius 3 is 1.33 bits per heavy atom. The number of hydrogen-bond donors (Lipinski definition) is 3. The van der Waals surface area contributed by atoms with Crippen molar-refractivity contribution >= 4 is 19.4 Å². The lowest BCUT2D eigenvalue weighted by molar-refractivity contribution is 0.370. The van der Waals surface area contributed by atoms with Crippen molar-refractivity contribution in [2.45, 2.75) is 161 Å². The van der Waals surface area contributed by atoms with E-state index >= 15 is 0 Å². The number of hydrogen-bond acceptors (Lipinski definition) is 3. The van der Waals surface area contributed by atoms with E-state index in [0.717, 1.165) is 19.4 Å². The van der Waals surface area contributed by atoms with Crippen molar-refractivity contribution in [2.24, 2.45) is 0 Å². The first-order chi connectivity index (χ1) is 17.6. The second-order valence-electron chi connectivity index (χ2n) is 10.9. The van der Waals surface area contributed by atoms with Gasteiger partial charge in [0.25, 0.3) is 0 Å². The molecule has 0 amide bonds. The Morgan fingerprint density at radius 2 is 0.861 bits per heavy atom. The standard InChI is InChI=1S/C30H64NO3PS/c1-2-3-4-5-6-7-8-9-10-11-15-18-21-24-29-36-30-25-27-31-26-22-19-16-13-12-14-17-20-23-28-35(32,33)34/h31H,2-30H2,1H3,(H2,32,33,34). The Morgan fingerprint density at radius 1 is 0.500 bits per heavy atom. The van der Waals surface area contributed by atoms with Crippen LogP contribution in [0.15, 0.2) is 0 Å². The zero-order valence-electron chi connectivity index (χ0n) is 24.2. The number of nitrogens with one attached hydrogen (secondary N) is 1. The van der Waals surface area contributed by atoms with Gasteiger partial charge in [0.15, 0.2) is 0 Å². The lowest BCUT2D eigenvalue weighted by Crippen LogP contribution is -2.17. The zero-order valence-corrected chi connectivity index (χ0v) is 25.9. The molecule has 0 bridgehead atoms. The molecule has 0 aromatic carbocycles. The number of thioether (sulfide) groups is 1. The van der Waals surface area contributed by atoms with Crippen LogP contribution in [-0.4, -0.2) is 40.5 Å². The Bertz CT molecular complexity index is 461. The van der Waals surface area contributed by atoms with Gasteiger partial charge in [0, 0.05) is 6.16 Å². The highest BCUT2D eigenvalue weighted by molar-refractivity contribution is 7.99. The van der Waals surface area contributed by atoms with Gasteiger partial charge in [-0.25, -0.2) is 0 Å². The van der Waals surface area contributed by atoms with Crippen molar-refractivity contribution < 1.29 is 14.4 Å². The number of unbranched alkanes of at least 4 members (excludes halogenated alkanes) is 21. The topological polar surface area (TPSA) is 69.6 Å². The van der Waals surface area contributed by atoms with Crippen molar-refractivity contribution in [1.29, 1.82) is 0 Å². The normalized spacial score (nSPS) is 12.0. The van der Waals surface area contributed by atoms with Gasteiger partial charge in [-0.05, 0) is 50.3 Å². The molecule has 4 nitrogen and oxygen atoms in total. The van der Waals surface area contributed by atoms with Gasteiger partial charge in [-0.15, -0.1) is 0 Å². The summed E-state index contributed by atoms with van der Waals surface area (Å²) in [6.45, 7) is 4.62. The van der Waals surface area contributed by atoms with Gasteiger partial charge < -0.3 is 15.1 Å². The Hall–Kier alpha value is 0.460. The highest BCUT2D eigenvalue weighted by atomic mass is 32.2. The summed E-state index contributed by atoms with van der Waals surface area (Å²) in [6.07, 6.45) is 32.0. The minimum absolute atomic E-state index is 0.0538. The maximum atomic E-state index is 10.8. The zero-order chi connectivity index (χ0) is 26.4. The molecule has 0 aliphatic heterocycles. The minimum atomic E-state index is -3.77. The van der Waals surface area contributed by atoms with Gasteiger partial charge in [0.05, 0.1) is 0 Å². The van der Waals surface area contributed by atoms with Crippen LogP contribution in [0.4, 0.5) is 0 Å². The monoisotopic (exact) mass is 549 g/mol. The van der Waals surface area contributed by atoms with Crippen molar-refractivity contribution in [3.8, 4) is 0 Å². The van der Waals surface area contributed by atoms with Crippen molar-refractivity contribution in [1.82, 2.24) is 5.32 Å². The maximum absolute atomic E-state index is 10.8. The fourth-order valence-electron chi connectivity index (χ4n) is 4.73. The molecule has 0 rings (SSSR count). The van der Waals surface area contributed by atoms with E-state index in [0.29, 0.717) is 6.42 Å². The smallest absolute Gasteiger partial charge is 0.324 e. The first-order valence-corrected chi connectivity index (χ1v) is 18.8. The van der Waals surface area contributed by atoms with E-state index in [9.17, 15) is 4.57 Å². The van der Waals surface area contributed by atoms with Gasteiger partial charge in [0.1, 0.15) is 0 Å². The molecule has 3 N–H and O–H groups in total. The van der Waals surface area contributed by atoms with Gasteiger partial charge >= 0.3 is 7.60 Å². The molecular formula is C30H64NO3PS. The first kappa shape index (κ1) is 36.5. The molecule has 0 aliphatic carbocycles. The molecule has 0 saturated carbocycles. The third kappa shape index (κ3) is 34.5. The average molecular weight is 550 g/mol. The van der Waals surface area contributed by atoms with Crippen LogP contribution in [0.25, 0.3) is 0 Å². The Kier molecular flexibility index (Phi) is 30.4. The Balaban J connectivity index is 3.04. The van der Waals surface area contributed by atoms with Crippen LogP contribution >= 0.6 is 19.4 Å². The highest BCUT2D eigenvalue weighted by Crippen LogP contribution is 2.35. The fourth-order valence-corrected chi connectivity index (χ4v) is 6.33. The molecule has 0 saturated heterocycles. The lowest BCUT2D eigenvalue weighted by Gasteiger charge is -2.06. The molecule has 218 valence electrons. The van der Waals surface area contributed by atoms with E-state index in [1.165, 1.54) is 153 Å². The van der Waals surface area contributed by atoms with Crippen molar-refractivity contribution in [3.63, 3.8) is 0 Å². The van der Waals surface area contributed by atoms with E-state index in [4.69, 9.17) is 9.79 Å². The first-order valence-electron chi connectivity index (χ1n) is 15.9. The molecule has 0 unspecified atom stereocenters. The second kappa shape index (κ2) is 30.0. The van der Waals surface area contributed by atoms with Gasteiger partial charge in [-0.3, -0.25) is 4.57 Å². The maximum Gasteiger partial charge on any atom is 0.325 e. The van der Waals surface area contributed by atoms with Crippen LogP contribution in [0, 0.1) is 0 Å². The summed E-state index contributed by atoms with van der Waals surface area (Å²) >= 11 is 2.14. The molecule has 0 aromatic heterocycles. The summed E-state index contributed by atoms with van der Waals surface area (Å²) in [5.41, 5.74) is 0. The summed E-state index contributed by atoms with van der Waals surface area (Å²) < 4.78 is 10.8. The fraction of sp³-hybridized carbons (Fsp3) is 1.00. The van der Waals surface area contributed by atoms with Crippen LogP contribution < -0.4 is 5.32 Å². The predicted octanol–water partition coefficient (Wildman–Crippen LogP) is 9.87. The van der Waals surface area contributed by atoms with Crippen molar-refractivity contribution in [2.75, 3.05) is 30.8 Å². The minimum Gasteiger partial charge on any atom is -0.324 e. The molecule has 0 aliphatic rings. The summed E-state index contributed by atoms with van der Waals surface area (Å²) in [5.74, 6) is 2.65. The largest absolute Gasteiger partial charge is 0.325 e. The Labute approximate surface area is 230 Å². The molecule has 0 aromatic rings. The predicted molar refractivity (Wildman–Crippen MR) is 164 cm³/mol.